The quantitative estimate of drug-likeness (QED) is 0.668. The highest BCUT2D eigenvalue weighted by atomic mass is 16.5. The summed E-state index contributed by atoms with van der Waals surface area (Å²) in [4.78, 5) is 16.7. The minimum absolute atomic E-state index is 0.163. The van der Waals surface area contributed by atoms with Crippen molar-refractivity contribution in [2.24, 2.45) is 0 Å². The molecule has 0 bridgehead atoms. The first-order valence-electron chi connectivity index (χ1n) is 8.48. The van der Waals surface area contributed by atoms with Gasteiger partial charge < -0.3 is 15.8 Å². The summed E-state index contributed by atoms with van der Waals surface area (Å²) in [6.07, 6.45) is 0. The summed E-state index contributed by atoms with van der Waals surface area (Å²) < 4.78 is 7.06. The number of para-hydroxylation sites is 1. The lowest BCUT2D eigenvalue weighted by Gasteiger charge is -2.13. The Kier molecular flexibility index (Phi) is 5.22. The van der Waals surface area contributed by atoms with Gasteiger partial charge in [-0.3, -0.25) is 9.36 Å². The minimum atomic E-state index is -0.163. The van der Waals surface area contributed by atoms with E-state index in [9.17, 15) is 4.79 Å². The predicted molar refractivity (Wildman–Crippen MR) is 105 cm³/mol. The number of nitrogens with zero attached hydrogens (tertiary/aromatic N) is 2. The van der Waals surface area contributed by atoms with Crippen LogP contribution in [-0.4, -0.2) is 23.2 Å². The van der Waals surface area contributed by atoms with Crippen LogP contribution in [0.5, 0.6) is 6.01 Å². The van der Waals surface area contributed by atoms with E-state index < -0.39 is 0 Å². The van der Waals surface area contributed by atoms with E-state index in [-0.39, 0.29) is 5.56 Å². The van der Waals surface area contributed by atoms with Gasteiger partial charge in [-0.05, 0) is 24.1 Å². The maximum Gasteiger partial charge on any atom is 0.301 e. The first-order valence-corrected chi connectivity index (χ1v) is 8.48. The van der Waals surface area contributed by atoms with Gasteiger partial charge in [0.2, 0.25) is 0 Å². The second-order valence-electron chi connectivity index (χ2n) is 5.82. The highest BCUT2D eigenvalue weighted by Gasteiger charge is 2.10. The van der Waals surface area contributed by atoms with Gasteiger partial charge in [-0.25, -0.2) is 0 Å². The van der Waals surface area contributed by atoms with Crippen molar-refractivity contribution in [3.8, 4) is 17.1 Å². The molecular formula is C20H22N4O2. The van der Waals surface area contributed by atoms with E-state index in [0.29, 0.717) is 25.0 Å². The Bertz CT molecular complexity index is 949. The van der Waals surface area contributed by atoms with Crippen LogP contribution in [0.3, 0.4) is 0 Å². The minimum Gasteiger partial charge on any atom is -0.465 e. The molecule has 0 amide bonds. The summed E-state index contributed by atoms with van der Waals surface area (Å²) in [5, 5.41) is 2.87. The van der Waals surface area contributed by atoms with Crippen LogP contribution in [0.2, 0.25) is 0 Å². The number of hydrogen-bond acceptors (Lipinski definition) is 5. The molecule has 134 valence electrons. The molecule has 2 aromatic carbocycles. The molecule has 3 aromatic rings. The molecule has 0 unspecified atom stereocenters. The van der Waals surface area contributed by atoms with Gasteiger partial charge >= 0.3 is 6.01 Å². The fraction of sp³-hybridized carbons (Fsp3) is 0.200. The van der Waals surface area contributed by atoms with Crippen molar-refractivity contribution in [1.29, 1.82) is 0 Å². The fourth-order valence-corrected chi connectivity index (χ4v) is 2.73. The second-order valence-corrected chi connectivity index (χ2v) is 5.82. The van der Waals surface area contributed by atoms with Crippen LogP contribution in [0.25, 0.3) is 11.1 Å². The molecule has 3 N–H and O–H groups in total. The number of aromatic nitrogens is 2. The van der Waals surface area contributed by atoms with Crippen molar-refractivity contribution >= 4 is 11.5 Å². The smallest absolute Gasteiger partial charge is 0.301 e. The molecule has 0 radical (unpaired) electrons. The third-order valence-electron chi connectivity index (χ3n) is 4.07. The summed E-state index contributed by atoms with van der Waals surface area (Å²) >= 11 is 0. The molecule has 26 heavy (non-hydrogen) atoms. The van der Waals surface area contributed by atoms with Gasteiger partial charge in [0.25, 0.3) is 5.56 Å². The Morgan fingerprint density at radius 2 is 1.88 bits per heavy atom. The van der Waals surface area contributed by atoms with Crippen LogP contribution >= 0.6 is 0 Å². The largest absolute Gasteiger partial charge is 0.465 e. The Labute approximate surface area is 152 Å². The number of rotatable bonds is 6. The standard InChI is InChI=1S/C20H22N4O2/c1-3-26-20-23-18(22-2)12-19(25)24(20)13-14-8-10-15(11-9-14)16-6-4-5-7-17(16)21/h4-12,22H,3,13,21H2,1-2H3. The summed E-state index contributed by atoms with van der Waals surface area (Å²) in [6.45, 7) is 2.68. The molecule has 0 aliphatic heterocycles. The molecule has 0 saturated heterocycles. The maximum atomic E-state index is 12.4. The van der Waals surface area contributed by atoms with Crippen molar-refractivity contribution in [2.75, 3.05) is 24.7 Å². The molecule has 0 saturated carbocycles. The summed E-state index contributed by atoms with van der Waals surface area (Å²) in [6, 6.07) is 17.5. The SMILES string of the molecule is CCOc1nc(NC)cc(=O)n1Cc1ccc(-c2ccccc2N)cc1. The molecule has 0 fully saturated rings. The lowest BCUT2D eigenvalue weighted by atomic mass is 10.0. The average Bonchev–Trinajstić information content (AvgIpc) is 2.65. The van der Waals surface area contributed by atoms with E-state index in [1.165, 1.54) is 10.6 Å². The van der Waals surface area contributed by atoms with E-state index in [2.05, 4.69) is 10.3 Å². The molecule has 1 heterocycles. The topological polar surface area (TPSA) is 82.2 Å². The summed E-state index contributed by atoms with van der Waals surface area (Å²) in [5.74, 6) is 0.490. The van der Waals surface area contributed by atoms with Crippen LogP contribution < -0.4 is 21.3 Å². The molecular weight excluding hydrogens is 328 g/mol. The first-order chi connectivity index (χ1) is 12.6. The van der Waals surface area contributed by atoms with Gasteiger partial charge in [-0.2, -0.15) is 4.98 Å². The number of nitrogen functional groups attached to an aromatic ring is 1. The van der Waals surface area contributed by atoms with Crippen LogP contribution in [0.4, 0.5) is 11.5 Å². The monoisotopic (exact) mass is 350 g/mol. The fourth-order valence-electron chi connectivity index (χ4n) is 2.73. The Hall–Kier alpha value is -3.28. The van der Waals surface area contributed by atoms with Crippen molar-refractivity contribution in [3.05, 3.63) is 70.5 Å². The van der Waals surface area contributed by atoms with E-state index in [1.807, 2.05) is 55.5 Å². The van der Waals surface area contributed by atoms with Crippen LogP contribution in [0.1, 0.15) is 12.5 Å². The molecule has 0 atom stereocenters. The van der Waals surface area contributed by atoms with Crippen molar-refractivity contribution < 1.29 is 4.74 Å². The van der Waals surface area contributed by atoms with Crippen molar-refractivity contribution in [1.82, 2.24) is 9.55 Å². The van der Waals surface area contributed by atoms with Crippen molar-refractivity contribution in [3.63, 3.8) is 0 Å². The molecule has 0 aliphatic rings. The molecule has 0 aliphatic carbocycles. The van der Waals surface area contributed by atoms with Gasteiger partial charge in [-0.15, -0.1) is 0 Å². The number of nitrogens with one attached hydrogen (secondary N) is 1. The molecule has 6 heteroatoms. The number of hydrogen-bond donors (Lipinski definition) is 2. The third-order valence-corrected chi connectivity index (χ3v) is 4.07. The Balaban J connectivity index is 1.90. The van der Waals surface area contributed by atoms with Gasteiger partial charge in [-0.1, -0.05) is 42.5 Å². The van der Waals surface area contributed by atoms with Crippen LogP contribution in [0.15, 0.2) is 59.4 Å². The second kappa shape index (κ2) is 7.74. The lowest BCUT2D eigenvalue weighted by molar-refractivity contribution is 0.292. The molecule has 3 rings (SSSR count). The Morgan fingerprint density at radius 3 is 2.54 bits per heavy atom. The first kappa shape index (κ1) is 17.5. The summed E-state index contributed by atoms with van der Waals surface area (Å²) in [5.41, 5.74) is 9.62. The number of ether oxygens (including phenoxy) is 1. The maximum absolute atomic E-state index is 12.4. The van der Waals surface area contributed by atoms with Crippen LogP contribution in [0, 0.1) is 0 Å². The predicted octanol–water partition coefficient (Wildman–Crippen LogP) is 2.98. The highest BCUT2D eigenvalue weighted by molar-refractivity contribution is 5.76. The third kappa shape index (κ3) is 3.69. The van der Waals surface area contributed by atoms with Gasteiger partial charge in [0.05, 0.1) is 13.2 Å². The summed E-state index contributed by atoms with van der Waals surface area (Å²) in [7, 11) is 1.72. The number of nitrogens with two attached hydrogens (primary N) is 1. The lowest BCUT2D eigenvalue weighted by Crippen LogP contribution is -2.24. The van der Waals surface area contributed by atoms with Crippen LogP contribution in [-0.2, 0) is 6.54 Å². The van der Waals surface area contributed by atoms with Gasteiger partial charge in [0.1, 0.15) is 5.82 Å². The average molecular weight is 350 g/mol. The Morgan fingerprint density at radius 1 is 1.15 bits per heavy atom. The molecule has 6 nitrogen and oxygen atoms in total. The van der Waals surface area contributed by atoms with E-state index in [4.69, 9.17) is 10.5 Å². The van der Waals surface area contributed by atoms with E-state index in [1.54, 1.807) is 7.05 Å². The number of anilines is 2. The van der Waals surface area contributed by atoms with E-state index >= 15 is 0 Å². The normalized spacial score (nSPS) is 10.5. The van der Waals surface area contributed by atoms with Crippen molar-refractivity contribution in [2.45, 2.75) is 13.5 Å². The van der Waals surface area contributed by atoms with Gasteiger partial charge in [0.15, 0.2) is 0 Å². The highest BCUT2D eigenvalue weighted by Crippen LogP contribution is 2.25. The molecule has 0 spiro atoms. The zero-order valence-corrected chi connectivity index (χ0v) is 14.9. The molecule has 1 aromatic heterocycles. The zero-order valence-electron chi connectivity index (χ0n) is 14.9. The van der Waals surface area contributed by atoms with E-state index in [0.717, 1.165) is 22.4 Å². The van der Waals surface area contributed by atoms with Gasteiger partial charge in [0, 0.05) is 24.4 Å². The zero-order chi connectivity index (χ0) is 18.5. The number of benzene rings is 2.